The highest BCUT2D eigenvalue weighted by molar-refractivity contribution is 6.02. The summed E-state index contributed by atoms with van der Waals surface area (Å²) in [4.78, 5) is 12.1. The van der Waals surface area contributed by atoms with Crippen LogP contribution in [0.1, 0.15) is 21.7 Å². The molecule has 3 aromatic rings. The second-order valence-electron chi connectivity index (χ2n) is 4.95. The molecule has 118 valence electrons. The second kappa shape index (κ2) is 7.11. The molecule has 1 heterocycles. The van der Waals surface area contributed by atoms with Gasteiger partial charge >= 0.3 is 0 Å². The molecule has 6 heteroatoms. The first-order valence-corrected chi connectivity index (χ1v) is 7.19. The van der Waals surface area contributed by atoms with Crippen LogP contribution in [0.3, 0.4) is 0 Å². The molecule has 1 amide bonds. The topological polar surface area (TPSA) is 88.2 Å². The first-order valence-electron chi connectivity index (χ1n) is 7.19. The minimum Gasteiger partial charge on any atom is -0.471 e. The van der Waals surface area contributed by atoms with Gasteiger partial charge in [0.15, 0.2) is 0 Å². The van der Waals surface area contributed by atoms with Crippen molar-refractivity contribution in [2.75, 3.05) is 5.32 Å². The van der Waals surface area contributed by atoms with Crippen molar-refractivity contribution in [2.24, 2.45) is 0 Å². The minimum atomic E-state index is -0.466. The average molecular weight is 319 g/mol. The van der Waals surface area contributed by atoms with E-state index < -0.39 is 5.91 Å². The number of amides is 1. The highest BCUT2D eigenvalue weighted by atomic mass is 16.5. The smallest absolute Gasteiger partial charge is 0.294 e. The van der Waals surface area contributed by atoms with Gasteiger partial charge in [-0.1, -0.05) is 36.4 Å². The molecule has 6 nitrogen and oxygen atoms in total. The van der Waals surface area contributed by atoms with Gasteiger partial charge in [0.25, 0.3) is 11.8 Å². The summed E-state index contributed by atoms with van der Waals surface area (Å²) in [5.74, 6) is -0.206. The van der Waals surface area contributed by atoms with Crippen LogP contribution in [0.2, 0.25) is 0 Å². The summed E-state index contributed by atoms with van der Waals surface area (Å²) in [6.45, 7) is 0.332. The number of hydrogen-bond acceptors (Lipinski definition) is 5. The standard InChI is InChI=1S/C18H13N3O3/c19-11-14-7-4-8-15(9-14)20-18(22)16-10-17(21-24-16)23-12-13-5-2-1-3-6-13/h1-10H,12H2,(H,20,22). The van der Waals surface area contributed by atoms with Gasteiger partial charge < -0.3 is 14.6 Å². The molecule has 0 bridgehead atoms. The van der Waals surface area contributed by atoms with Gasteiger partial charge in [-0.05, 0) is 28.9 Å². The third-order valence-corrected chi connectivity index (χ3v) is 3.19. The van der Waals surface area contributed by atoms with Gasteiger partial charge in [0.1, 0.15) is 6.61 Å². The lowest BCUT2D eigenvalue weighted by atomic mass is 10.2. The Morgan fingerprint density at radius 2 is 2.00 bits per heavy atom. The third kappa shape index (κ3) is 3.78. The fraction of sp³-hybridized carbons (Fsp3) is 0.0556. The Balaban J connectivity index is 1.62. The van der Waals surface area contributed by atoms with Gasteiger partial charge in [0, 0.05) is 5.69 Å². The molecular formula is C18H13N3O3. The summed E-state index contributed by atoms with van der Waals surface area (Å²) in [7, 11) is 0. The molecular weight excluding hydrogens is 306 g/mol. The van der Waals surface area contributed by atoms with Gasteiger partial charge in [0.05, 0.1) is 17.7 Å². The van der Waals surface area contributed by atoms with Crippen molar-refractivity contribution in [1.82, 2.24) is 5.16 Å². The summed E-state index contributed by atoms with van der Waals surface area (Å²) in [6, 6.07) is 19.6. The Hall–Kier alpha value is -3.59. The largest absolute Gasteiger partial charge is 0.471 e. The Morgan fingerprint density at radius 1 is 1.17 bits per heavy atom. The Kier molecular flexibility index (Phi) is 4.54. The van der Waals surface area contributed by atoms with Crippen LogP contribution >= 0.6 is 0 Å². The molecule has 0 spiro atoms. The molecule has 0 aliphatic carbocycles. The Bertz CT molecular complexity index is 882. The molecule has 24 heavy (non-hydrogen) atoms. The number of rotatable bonds is 5. The summed E-state index contributed by atoms with van der Waals surface area (Å²) >= 11 is 0. The zero-order chi connectivity index (χ0) is 16.8. The summed E-state index contributed by atoms with van der Waals surface area (Å²) < 4.78 is 10.5. The number of hydrogen-bond donors (Lipinski definition) is 1. The van der Waals surface area contributed by atoms with Crippen LogP contribution in [0, 0.1) is 11.3 Å². The highest BCUT2D eigenvalue weighted by Crippen LogP contribution is 2.16. The maximum atomic E-state index is 12.1. The molecule has 0 aliphatic heterocycles. The van der Waals surface area contributed by atoms with Gasteiger partial charge in [0.2, 0.25) is 5.76 Å². The molecule has 0 radical (unpaired) electrons. The van der Waals surface area contributed by atoms with Crippen LogP contribution in [-0.4, -0.2) is 11.1 Å². The average Bonchev–Trinajstić information content (AvgIpc) is 3.10. The molecule has 1 N–H and O–H groups in total. The quantitative estimate of drug-likeness (QED) is 0.779. The number of anilines is 1. The number of carbonyl (C=O) groups is 1. The van der Waals surface area contributed by atoms with E-state index in [1.165, 1.54) is 6.07 Å². The van der Waals surface area contributed by atoms with Crippen molar-refractivity contribution in [1.29, 1.82) is 5.26 Å². The lowest BCUT2D eigenvalue weighted by molar-refractivity contribution is 0.0987. The van der Waals surface area contributed by atoms with E-state index in [1.54, 1.807) is 24.3 Å². The summed E-state index contributed by atoms with van der Waals surface area (Å²) in [5.41, 5.74) is 1.94. The van der Waals surface area contributed by atoms with E-state index in [9.17, 15) is 4.79 Å². The fourth-order valence-corrected chi connectivity index (χ4v) is 2.02. The lowest BCUT2D eigenvalue weighted by Crippen LogP contribution is -2.10. The molecule has 0 unspecified atom stereocenters. The Labute approximate surface area is 138 Å². The molecule has 0 fully saturated rings. The lowest BCUT2D eigenvalue weighted by Gasteiger charge is -2.02. The van der Waals surface area contributed by atoms with Crippen molar-refractivity contribution >= 4 is 11.6 Å². The number of carbonyl (C=O) groups excluding carboxylic acids is 1. The first-order chi connectivity index (χ1) is 11.7. The van der Waals surface area contributed by atoms with Crippen LogP contribution in [0.25, 0.3) is 0 Å². The van der Waals surface area contributed by atoms with Crippen molar-refractivity contribution in [3.63, 3.8) is 0 Å². The number of aromatic nitrogens is 1. The van der Waals surface area contributed by atoms with Crippen molar-refractivity contribution < 1.29 is 14.1 Å². The number of nitrogens with one attached hydrogen (secondary N) is 1. The molecule has 0 atom stereocenters. The SMILES string of the molecule is N#Cc1cccc(NC(=O)c2cc(OCc3ccccc3)no2)c1. The van der Waals surface area contributed by atoms with Crippen molar-refractivity contribution in [2.45, 2.75) is 6.61 Å². The van der Waals surface area contributed by atoms with E-state index in [4.69, 9.17) is 14.5 Å². The molecule has 2 aromatic carbocycles. The van der Waals surface area contributed by atoms with E-state index >= 15 is 0 Å². The second-order valence-corrected chi connectivity index (χ2v) is 4.95. The molecule has 0 saturated heterocycles. The number of ether oxygens (including phenoxy) is 1. The van der Waals surface area contributed by atoms with Crippen LogP contribution in [-0.2, 0) is 6.61 Å². The molecule has 1 aromatic heterocycles. The first kappa shape index (κ1) is 15.3. The minimum absolute atomic E-state index is 0.0282. The van der Waals surface area contributed by atoms with Gasteiger partial charge in [-0.2, -0.15) is 5.26 Å². The van der Waals surface area contributed by atoms with Gasteiger partial charge in [-0.3, -0.25) is 4.79 Å². The van der Waals surface area contributed by atoms with E-state index in [-0.39, 0.29) is 11.6 Å². The van der Waals surface area contributed by atoms with Crippen LogP contribution < -0.4 is 10.1 Å². The van der Waals surface area contributed by atoms with Crippen molar-refractivity contribution in [3.05, 3.63) is 77.6 Å². The number of benzene rings is 2. The molecule has 0 saturated carbocycles. The summed E-state index contributed by atoms with van der Waals surface area (Å²) in [5, 5.41) is 15.2. The third-order valence-electron chi connectivity index (χ3n) is 3.19. The predicted molar refractivity (Wildman–Crippen MR) is 86.4 cm³/mol. The summed E-state index contributed by atoms with van der Waals surface area (Å²) in [6.07, 6.45) is 0. The zero-order valence-electron chi connectivity index (χ0n) is 12.6. The van der Waals surface area contributed by atoms with Crippen LogP contribution in [0.5, 0.6) is 5.88 Å². The monoisotopic (exact) mass is 319 g/mol. The zero-order valence-corrected chi connectivity index (χ0v) is 12.6. The maximum absolute atomic E-state index is 12.1. The van der Waals surface area contributed by atoms with Gasteiger partial charge in [-0.15, -0.1) is 0 Å². The molecule has 0 aliphatic rings. The predicted octanol–water partition coefficient (Wildman–Crippen LogP) is 3.38. The maximum Gasteiger partial charge on any atom is 0.294 e. The van der Waals surface area contributed by atoms with E-state index in [1.807, 2.05) is 36.4 Å². The van der Waals surface area contributed by atoms with E-state index in [0.29, 0.717) is 17.9 Å². The number of nitrogens with zero attached hydrogens (tertiary/aromatic N) is 2. The molecule has 3 rings (SSSR count). The van der Waals surface area contributed by atoms with Crippen LogP contribution in [0.15, 0.2) is 65.2 Å². The van der Waals surface area contributed by atoms with Crippen LogP contribution in [0.4, 0.5) is 5.69 Å². The van der Waals surface area contributed by atoms with E-state index in [0.717, 1.165) is 5.56 Å². The van der Waals surface area contributed by atoms with E-state index in [2.05, 4.69) is 10.5 Å². The highest BCUT2D eigenvalue weighted by Gasteiger charge is 2.14. The normalized spacial score (nSPS) is 9.96. The fourth-order valence-electron chi connectivity index (χ4n) is 2.02. The van der Waals surface area contributed by atoms with Crippen molar-refractivity contribution in [3.8, 4) is 11.9 Å². The number of nitriles is 1. The van der Waals surface area contributed by atoms with Gasteiger partial charge in [-0.25, -0.2) is 0 Å². The Morgan fingerprint density at radius 3 is 2.79 bits per heavy atom.